The van der Waals surface area contributed by atoms with Crippen LogP contribution in [0.3, 0.4) is 0 Å². The number of carbonyl (C=O) groups is 1. The summed E-state index contributed by atoms with van der Waals surface area (Å²) in [6.07, 6.45) is 0. The van der Waals surface area contributed by atoms with Gasteiger partial charge in [-0.05, 0) is 26.0 Å². The molecule has 16 heavy (non-hydrogen) atoms. The van der Waals surface area contributed by atoms with Crippen LogP contribution >= 0.6 is 0 Å². The van der Waals surface area contributed by atoms with E-state index in [4.69, 9.17) is 5.11 Å². The number of aliphatic hydroxyl groups is 1. The van der Waals surface area contributed by atoms with Crippen LogP contribution in [0.5, 0.6) is 11.5 Å². The van der Waals surface area contributed by atoms with Crippen molar-refractivity contribution < 1.29 is 20.1 Å². The van der Waals surface area contributed by atoms with E-state index in [0.717, 1.165) is 0 Å². The highest BCUT2D eigenvalue weighted by atomic mass is 16.3. The Morgan fingerprint density at radius 1 is 1.38 bits per heavy atom. The van der Waals surface area contributed by atoms with Gasteiger partial charge in [-0.15, -0.1) is 0 Å². The lowest BCUT2D eigenvalue weighted by Gasteiger charge is -2.23. The predicted molar refractivity (Wildman–Crippen MR) is 58.4 cm³/mol. The van der Waals surface area contributed by atoms with Gasteiger partial charge >= 0.3 is 0 Å². The number of benzene rings is 1. The highest BCUT2D eigenvalue weighted by Gasteiger charge is 2.22. The maximum Gasteiger partial charge on any atom is 0.255 e. The average molecular weight is 225 g/mol. The number of amides is 1. The van der Waals surface area contributed by atoms with Crippen molar-refractivity contribution in [2.75, 3.05) is 6.61 Å². The summed E-state index contributed by atoms with van der Waals surface area (Å²) in [6, 6.07) is 4.12. The van der Waals surface area contributed by atoms with Crippen LogP contribution in [0, 0.1) is 0 Å². The topological polar surface area (TPSA) is 89.8 Å². The zero-order valence-electron chi connectivity index (χ0n) is 9.19. The van der Waals surface area contributed by atoms with Gasteiger partial charge < -0.3 is 20.6 Å². The lowest BCUT2D eigenvalue weighted by atomic mass is 10.1. The van der Waals surface area contributed by atoms with Gasteiger partial charge in [-0.25, -0.2) is 0 Å². The Balaban J connectivity index is 2.94. The molecule has 0 spiro atoms. The van der Waals surface area contributed by atoms with Crippen molar-refractivity contribution in [1.82, 2.24) is 5.32 Å². The maximum atomic E-state index is 11.7. The highest BCUT2D eigenvalue weighted by Crippen LogP contribution is 2.28. The van der Waals surface area contributed by atoms with Crippen molar-refractivity contribution in [3.8, 4) is 11.5 Å². The number of hydrogen-bond acceptors (Lipinski definition) is 4. The maximum absolute atomic E-state index is 11.7. The number of hydrogen-bond donors (Lipinski definition) is 4. The van der Waals surface area contributed by atoms with E-state index in [1.807, 2.05) is 0 Å². The lowest BCUT2D eigenvalue weighted by molar-refractivity contribution is 0.0866. The van der Waals surface area contributed by atoms with Crippen molar-refractivity contribution in [3.63, 3.8) is 0 Å². The second-order valence-electron chi connectivity index (χ2n) is 4.17. The number of phenolic OH excluding ortho intramolecular Hbond substituents is 2. The van der Waals surface area contributed by atoms with E-state index < -0.39 is 17.2 Å². The smallest absolute Gasteiger partial charge is 0.255 e. The molecule has 0 unspecified atom stereocenters. The largest absolute Gasteiger partial charge is 0.504 e. The molecule has 1 rings (SSSR count). The summed E-state index contributed by atoms with van der Waals surface area (Å²) in [7, 11) is 0. The number of nitrogens with one attached hydrogen (secondary N) is 1. The fourth-order valence-electron chi connectivity index (χ4n) is 1.13. The first kappa shape index (κ1) is 12.3. The van der Waals surface area contributed by atoms with Crippen LogP contribution in [0.1, 0.15) is 24.2 Å². The van der Waals surface area contributed by atoms with E-state index in [1.165, 1.54) is 18.2 Å². The fraction of sp³-hybridized carbons (Fsp3) is 0.364. The Kier molecular flexibility index (Phi) is 3.39. The second-order valence-corrected chi connectivity index (χ2v) is 4.17. The molecular weight excluding hydrogens is 210 g/mol. The minimum atomic E-state index is -0.783. The standard InChI is InChI=1S/C11H15NO4/c1-11(2,6-13)12-10(16)7-4-3-5-8(14)9(7)15/h3-5,13-15H,6H2,1-2H3,(H,12,16). The van der Waals surface area contributed by atoms with Gasteiger partial charge in [0, 0.05) is 0 Å². The van der Waals surface area contributed by atoms with E-state index in [1.54, 1.807) is 13.8 Å². The molecule has 0 saturated heterocycles. The molecule has 5 nitrogen and oxygen atoms in total. The van der Waals surface area contributed by atoms with Crippen molar-refractivity contribution in [2.24, 2.45) is 0 Å². The van der Waals surface area contributed by atoms with Gasteiger partial charge in [0.1, 0.15) is 0 Å². The summed E-state index contributed by atoms with van der Waals surface area (Å²) in [6.45, 7) is 3.06. The predicted octanol–water partition coefficient (Wildman–Crippen LogP) is 0.599. The van der Waals surface area contributed by atoms with Gasteiger partial charge in [0.15, 0.2) is 11.5 Å². The van der Waals surface area contributed by atoms with Crippen LogP contribution in [0.15, 0.2) is 18.2 Å². The molecule has 0 aromatic heterocycles. The molecule has 0 aliphatic rings. The summed E-state index contributed by atoms with van der Waals surface area (Å²) in [5, 5.41) is 30.2. The van der Waals surface area contributed by atoms with Gasteiger partial charge in [0.05, 0.1) is 17.7 Å². The van der Waals surface area contributed by atoms with E-state index in [9.17, 15) is 15.0 Å². The molecule has 0 fully saturated rings. The third-order valence-corrected chi connectivity index (χ3v) is 2.11. The number of aromatic hydroxyl groups is 2. The summed E-state index contributed by atoms with van der Waals surface area (Å²) < 4.78 is 0. The Bertz CT molecular complexity index is 401. The number of aliphatic hydroxyl groups excluding tert-OH is 1. The van der Waals surface area contributed by atoms with Gasteiger partial charge in [0.2, 0.25) is 0 Å². The first-order chi connectivity index (χ1) is 7.37. The summed E-state index contributed by atoms with van der Waals surface area (Å²) in [4.78, 5) is 11.7. The Morgan fingerprint density at radius 3 is 2.56 bits per heavy atom. The molecule has 1 aromatic rings. The number of phenols is 2. The van der Waals surface area contributed by atoms with Gasteiger partial charge in [-0.1, -0.05) is 6.07 Å². The minimum absolute atomic E-state index is 0.0264. The van der Waals surface area contributed by atoms with Gasteiger partial charge in [-0.3, -0.25) is 4.79 Å². The van der Waals surface area contributed by atoms with Crippen molar-refractivity contribution in [3.05, 3.63) is 23.8 Å². The fourth-order valence-corrected chi connectivity index (χ4v) is 1.13. The number of rotatable bonds is 3. The zero-order chi connectivity index (χ0) is 12.3. The zero-order valence-corrected chi connectivity index (χ0v) is 9.19. The molecule has 1 aromatic carbocycles. The lowest BCUT2D eigenvalue weighted by Crippen LogP contribution is -2.46. The van der Waals surface area contributed by atoms with Crippen LogP contribution in [0.25, 0.3) is 0 Å². The SMILES string of the molecule is CC(C)(CO)NC(=O)c1cccc(O)c1O. The molecule has 0 atom stereocenters. The van der Waals surface area contributed by atoms with E-state index >= 15 is 0 Å². The molecule has 0 bridgehead atoms. The monoisotopic (exact) mass is 225 g/mol. The van der Waals surface area contributed by atoms with Gasteiger partial charge in [0.25, 0.3) is 5.91 Å². The third-order valence-electron chi connectivity index (χ3n) is 2.11. The first-order valence-corrected chi connectivity index (χ1v) is 4.82. The average Bonchev–Trinajstić information content (AvgIpc) is 2.21. The van der Waals surface area contributed by atoms with Crippen molar-refractivity contribution in [2.45, 2.75) is 19.4 Å². The van der Waals surface area contributed by atoms with Crippen LogP contribution in [-0.2, 0) is 0 Å². The highest BCUT2D eigenvalue weighted by molar-refractivity contribution is 5.98. The number of carbonyl (C=O) groups excluding carboxylic acids is 1. The quantitative estimate of drug-likeness (QED) is 0.567. The van der Waals surface area contributed by atoms with Gasteiger partial charge in [-0.2, -0.15) is 0 Å². The molecule has 0 saturated carbocycles. The molecule has 0 aliphatic carbocycles. The molecule has 0 aliphatic heterocycles. The van der Waals surface area contributed by atoms with Crippen LogP contribution in [0.4, 0.5) is 0 Å². The molecular formula is C11H15NO4. The minimum Gasteiger partial charge on any atom is -0.504 e. The molecule has 4 N–H and O–H groups in total. The summed E-state index contributed by atoms with van der Waals surface area (Å²) in [5.41, 5.74) is -0.809. The summed E-state index contributed by atoms with van der Waals surface area (Å²) >= 11 is 0. The van der Waals surface area contributed by atoms with Crippen molar-refractivity contribution in [1.29, 1.82) is 0 Å². The normalized spacial score (nSPS) is 11.2. The second kappa shape index (κ2) is 4.40. The molecule has 0 radical (unpaired) electrons. The van der Waals surface area contributed by atoms with E-state index in [-0.39, 0.29) is 17.9 Å². The Hall–Kier alpha value is -1.75. The van der Waals surface area contributed by atoms with Crippen LogP contribution in [0.2, 0.25) is 0 Å². The van der Waals surface area contributed by atoms with E-state index in [0.29, 0.717) is 0 Å². The Morgan fingerprint density at radius 2 is 2.00 bits per heavy atom. The summed E-state index contributed by atoms with van der Waals surface area (Å²) in [5.74, 6) is -1.37. The molecule has 1 amide bonds. The first-order valence-electron chi connectivity index (χ1n) is 4.82. The number of para-hydroxylation sites is 1. The van der Waals surface area contributed by atoms with Crippen LogP contribution < -0.4 is 5.32 Å². The Labute approximate surface area is 93.4 Å². The van der Waals surface area contributed by atoms with Crippen molar-refractivity contribution >= 4 is 5.91 Å². The third kappa shape index (κ3) is 2.64. The van der Waals surface area contributed by atoms with E-state index in [2.05, 4.69) is 5.32 Å². The van der Waals surface area contributed by atoms with Crippen LogP contribution in [-0.4, -0.2) is 33.4 Å². The molecule has 88 valence electrons. The molecule has 0 heterocycles. The molecule has 5 heteroatoms.